The normalized spacial score (nSPS) is 17.5. The summed E-state index contributed by atoms with van der Waals surface area (Å²) in [5.41, 5.74) is 2.73. The van der Waals surface area contributed by atoms with Crippen molar-refractivity contribution in [3.63, 3.8) is 0 Å². The molecule has 0 fully saturated rings. The SMILES string of the molecule is CNC(c1nc2c(s1)CCCC2)C(C)c1ccccc1. The minimum Gasteiger partial charge on any atom is -0.311 e. The molecule has 2 nitrogen and oxygen atoms in total. The number of nitrogens with zero attached hydrogens (tertiary/aromatic N) is 1. The Kier molecular flexibility index (Phi) is 4.18. The maximum atomic E-state index is 4.92. The summed E-state index contributed by atoms with van der Waals surface area (Å²) < 4.78 is 0. The van der Waals surface area contributed by atoms with E-state index in [1.54, 1.807) is 0 Å². The zero-order valence-corrected chi connectivity index (χ0v) is 13.0. The van der Waals surface area contributed by atoms with Crippen molar-refractivity contribution in [2.45, 2.75) is 44.6 Å². The molecule has 1 aromatic heterocycles. The quantitative estimate of drug-likeness (QED) is 0.916. The number of aryl methyl sites for hydroxylation is 2. The minimum absolute atomic E-state index is 0.313. The predicted molar refractivity (Wildman–Crippen MR) is 85.4 cm³/mol. The van der Waals surface area contributed by atoms with Crippen LogP contribution in [0.3, 0.4) is 0 Å². The van der Waals surface area contributed by atoms with Crippen molar-refractivity contribution < 1.29 is 0 Å². The fraction of sp³-hybridized carbons (Fsp3) is 0.471. The van der Waals surface area contributed by atoms with Gasteiger partial charge in [-0.2, -0.15) is 0 Å². The van der Waals surface area contributed by atoms with E-state index in [1.807, 2.05) is 18.4 Å². The zero-order chi connectivity index (χ0) is 13.9. The van der Waals surface area contributed by atoms with Crippen molar-refractivity contribution in [2.75, 3.05) is 7.05 Å². The Morgan fingerprint density at radius 1 is 1.15 bits per heavy atom. The van der Waals surface area contributed by atoms with Gasteiger partial charge in [0.25, 0.3) is 0 Å². The topological polar surface area (TPSA) is 24.9 Å². The first-order valence-electron chi connectivity index (χ1n) is 7.50. The number of likely N-dealkylation sites (N-methyl/N-ethyl adjacent to an activating group) is 1. The van der Waals surface area contributed by atoms with E-state index in [2.05, 4.69) is 42.6 Å². The van der Waals surface area contributed by atoms with Gasteiger partial charge in [0.05, 0.1) is 11.7 Å². The van der Waals surface area contributed by atoms with Gasteiger partial charge in [-0.1, -0.05) is 37.3 Å². The van der Waals surface area contributed by atoms with E-state index in [1.165, 1.54) is 46.8 Å². The lowest BCUT2D eigenvalue weighted by Gasteiger charge is -2.22. The summed E-state index contributed by atoms with van der Waals surface area (Å²) in [6.07, 6.45) is 5.02. The van der Waals surface area contributed by atoms with Crippen LogP contribution in [0.1, 0.15) is 52.9 Å². The van der Waals surface area contributed by atoms with Crippen molar-refractivity contribution in [1.82, 2.24) is 10.3 Å². The summed E-state index contributed by atoms with van der Waals surface area (Å²) in [6, 6.07) is 11.0. The van der Waals surface area contributed by atoms with Crippen LogP contribution in [0.25, 0.3) is 0 Å². The van der Waals surface area contributed by atoms with E-state index in [0.717, 1.165) is 0 Å². The van der Waals surface area contributed by atoms with Crippen LogP contribution in [0, 0.1) is 0 Å². The standard InChI is InChI=1S/C17H22N2S/c1-12(13-8-4-3-5-9-13)16(18-2)17-19-14-10-6-7-11-15(14)20-17/h3-5,8-9,12,16,18H,6-7,10-11H2,1-2H3. The lowest BCUT2D eigenvalue weighted by atomic mass is 9.93. The average Bonchev–Trinajstić information content (AvgIpc) is 2.92. The predicted octanol–water partition coefficient (Wildman–Crippen LogP) is 4.09. The van der Waals surface area contributed by atoms with Gasteiger partial charge in [0.2, 0.25) is 0 Å². The fourth-order valence-electron chi connectivity index (χ4n) is 3.04. The molecule has 0 radical (unpaired) electrons. The first-order chi connectivity index (χ1) is 9.79. The van der Waals surface area contributed by atoms with E-state index in [-0.39, 0.29) is 0 Å². The smallest absolute Gasteiger partial charge is 0.111 e. The summed E-state index contributed by atoms with van der Waals surface area (Å²) in [7, 11) is 2.05. The zero-order valence-electron chi connectivity index (χ0n) is 12.2. The Labute approximate surface area is 125 Å². The van der Waals surface area contributed by atoms with Crippen molar-refractivity contribution in [3.8, 4) is 0 Å². The first kappa shape index (κ1) is 13.8. The van der Waals surface area contributed by atoms with Gasteiger partial charge in [0, 0.05) is 10.8 Å². The molecule has 0 spiro atoms. The maximum Gasteiger partial charge on any atom is 0.111 e. The molecule has 2 unspecified atom stereocenters. The molecule has 0 saturated heterocycles. The van der Waals surface area contributed by atoms with E-state index in [0.29, 0.717) is 12.0 Å². The molecule has 3 rings (SSSR count). The van der Waals surface area contributed by atoms with Crippen LogP contribution in [0.5, 0.6) is 0 Å². The van der Waals surface area contributed by atoms with Crippen LogP contribution in [-0.4, -0.2) is 12.0 Å². The highest BCUT2D eigenvalue weighted by Gasteiger charge is 2.25. The number of benzene rings is 1. The molecule has 1 aliphatic carbocycles. The third-order valence-electron chi connectivity index (χ3n) is 4.26. The van der Waals surface area contributed by atoms with Crippen LogP contribution < -0.4 is 5.32 Å². The van der Waals surface area contributed by atoms with Gasteiger partial charge in [-0.15, -0.1) is 11.3 Å². The fourth-order valence-corrected chi connectivity index (χ4v) is 4.41. The molecular formula is C17H22N2S. The summed E-state index contributed by atoms with van der Waals surface area (Å²) >= 11 is 1.92. The second-order valence-electron chi connectivity index (χ2n) is 5.59. The van der Waals surface area contributed by atoms with Crippen molar-refractivity contribution in [1.29, 1.82) is 0 Å². The lowest BCUT2D eigenvalue weighted by molar-refractivity contribution is 0.504. The van der Waals surface area contributed by atoms with Crippen LogP contribution >= 0.6 is 11.3 Å². The number of fused-ring (bicyclic) bond motifs is 1. The van der Waals surface area contributed by atoms with Crippen LogP contribution in [0.2, 0.25) is 0 Å². The third kappa shape index (κ3) is 2.65. The van der Waals surface area contributed by atoms with Crippen molar-refractivity contribution >= 4 is 11.3 Å². The highest BCUT2D eigenvalue weighted by molar-refractivity contribution is 7.11. The Hall–Kier alpha value is -1.19. The first-order valence-corrected chi connectivity index (χ1v) is 8.32. The molecular weight excluding hydrogens is 264 g/mol. The van der Waals surface area contributed by atoms with Gasteiger partial charge in [0.1, 0.15) is 5.01 Å². The average molecular weight is 286 g/mol. The highest BCUT2D eigenvalue weighted by atomic mass is 32.1. The molecule has 0 aliphatic heterocycles. The molecule has 1 N–H and O–H groups in total. The number of thiazole rings is 1. The number of aromatic nitrogens is 1. The molecule has 3 heteroatoms. The molecule has 0 saturated carbocycles. The maximum absolute atomic E-state index is 4.92. The number of rotatable bonds is 4. The Morgan fingerprint density at radius 3 is 2.60 bits per heavy atom. The number of hydrogen-bond donors (Lipinski definition) is 1. The summed E-state index contributed by atoms with van der Waals surface area (Å²) in [5.74, 6) is 0.439. The Balaban J connectivity index is 1.88. The van der Waals surface area contributed by atoms with Gasteiger partial charge in [-0.05, 0) is 38.3 Å². The van der Waals surface area contributed by atoms with E-state index < -0.39 is 0 Å². The molecule has 1 aromatic carbocycles. The minimum atomic E-state index is 0.313. The third-order valence-corrected chi connectivity index (χ3v) is 5.51. The summed E-state index contributed by atoms with van der Waals surface area (Å²) in [5, 5.41) is 4.73. The van der Waals surface area contributed by atoms with E-state index in [9.17, 15) is 0 Å². The van der Waals surface area contributed by atoms with Gasteiger partial charge < -0.3 is 5.32 Å². The molecule has 1 aliphatic rings. The Morgan fingerprint density at radius 2 is 1.90 bits per heavy atom. The molecule has 2 atom stereocenters. The highest BCUT2D eigenvalue weighted by Crippen LogP contribution is 2.36. The van der Waals surface area contributed by atoms with Gasteiger partial charge in [0.15, 0.2) is 0 Å². The van der Waals surface area contributed by atoms with Crippen molar-refractivity contribution in [3.05, 3.63) is 51.5 Å². The molecule has 1 heterocycles. The second-order valence-corrected chi connectivity index (χ2v) is 6.71. The molecule has 2 aromatic rings. The van der Waals surface area contributed by atoms with Gasteiger partial charge in [-0.3, -0.25) is 0 Å². The monoisotopic (exact) mass is 286 g/mol. The van der Waals surface area contributed by atoms with Gasteiger partial charge in [-0.25, -0.2) is 4.98 Å². The lowest BCUT2D eigenvalue weighted by Crippen LogP contribution is -2.22. The van der Waals surface area contributed by atoms with E-state index in [4.69, 9.17) is 4.98 Å². The van der Waals surface area contributed by atoms with Crippen molar-refractivity contribution in [2.24, 2.45) is 0 Å². The second kappa shape index (κ2) is 6.06. The van der Waals surface area contributed by atoms with Crippen LogP contribution in [0.15, 0.2) is 30.3 Å². The largest absolute Gasteiger partial charge is 0.311 e. The molecule has 20 heavy (non-hydrogen) atoms. The molecule has 106 valence electrons. The number of hydrogen-bond acceptors (Lipinski definition) is 3. The summed E-state index contributed by atoms with van der Waals surface area (Å²) in [4.78, 5) is 6.44. The Bertz CT molecular complexity index is 538. The molecule has 0 amide bonds. The van der Waals surface area contributed by atoms with E-state index >= 15 is 0 Å². The van der Waals surface area contributed by atoms with Crippen LogP contribution in [-0.2, 0) is 12.8 Å². The van der Waals surface area contributed by atoms with Crippen LogP contribution in [0.4, 0.5) is 0 Å². The molecule has 0 bridgehead atoms. The summed E-state index contributed by atoms with van der Waals surface area (Å²) in [6.45, 7) is 2.29. The number of nitrogens with one attached hydrogen (secondary N) is 1. The van der Waals surface area contributed by atoms with Gasteiger partial charge >= 0.3 is 0 Å².